The third-order valence-corrected chi connectivity index (χ3v) is 4.22. The summed E-state index contributed by atoms with van der Waals surface area (Å²) in [6, 6.07) is 10.1. The first-order chi connectivity index (χ1) is 11.9. The predicted molar refractivity (Wildman–Crippen MR) is 95.4 cm³/mol. The number of halogens is 3. The van der Waals surface area contributed by atoms with Gasteiger partial charge in [-0.2, -0.15) is 0 Å². The van der Waals surface area contributed by atoms with Crippen LogP contribution in [-0.4, -0.2) is 38.1 Å². The topological polar surface area (TPSA) is 41.6 Å². The molecule has 0 heterocycles. The molecule has 0 aliphatic heterocycles. The van der Waals surface area contributed by atoms with Crippen molar-refractivity contribution >= 4 is 21.8 Å². The highest BCUT2D eigenvalue weighted by atomic mass is 79.9. The minimum Gasteiger partial charge on any atom is -0.483 e. The Balaban J connectivity index is 1.91. The van der Waals surface area contributed by atoms with E-state index >= 15 is 0 Å². The fraction of sp³-hybridized carbons (Fsp3) is 0.278. The normalized spacial score (nSPS) is 12.1. The molecule has 2 aromatic carbocycles. The highest BCUT2D eigenvalue weighted by Gasteiger charge is 2.16. The highest BCUT2D eigenvalue weighted by Crippen LogP contribution is 2.25. The van der Waals surface area contributed by atoms with Crippen molar-refractivity contribution in [1.82, 2.24) is 10.2 Å². The number of hydrogen-bond donors (Lipinski definition) is 1. The summed E-state index contributed by atoms with van der Waals surface area (Å²) in [5.74, 6) is -0.655. The molecule has 25 heavy (non-hydrogen) atoms. The molecule has 0 radical (unpaired) electrons. The lowest BCUT2D eigenvalue weighted by atomic mass is 10.1. The maximum atomic E-state index is 13.4. The number of hydrogen-bond acceptors (Lipinski definition) is 3. The third kappa shape index (κ3) is 5.79. The summed E-state index contributed by atoms with van der Waals surface area (Å²) in [4.78, 5) is 13.9. The fourth-order valence-corrected chi connectivity index (χ4v) is 2.77. The van der Waals surface area contributed by atoms with Gasteiger partial charge < -0.3 is 15.0 Å². The van der Waals surface area contributed by atoms with E-state index in [0.29, 0.717) is 16.8 Å². The lowest BCUT2D eigenvalue weighted by molar-refractivity contribution is -0.123. The number of ether oxygens (including phenoxy) is 1. The van der Waals surface area contributed by atoms with Crippen LogP contribution in [0.4, 0.5) is 8.78 Å². The Labute approximate surface area is 153 Å². The zero-order valence-electron chi connectivity index (χ0n) is 13.9. The van der Waals surface area contributed by atoms with Crippen LogP contribution < -0.4 is 10.1 Å². The smallest absolute Gasteiger partial charge is 0.258 e. The van der Waals surface area contributed by atoms with Crippen LogP contribution in [0.25, 0.3) is 0 Å². The molecule has 2 aromatic rings. The van der Waals surface area contributed by atoms with E-state index < -0.39 is 5.82 Å². The van der Waals surface area contributed by atoms with Gasteiger partial charge in [0, 0.05) is 6.54 Å². The summed E-state index contributed by atoms with van der Waals surface area (Å²) in [6.07, 6.45) is 0. The van der Waals surface area contributed by atoms with Crippen molar-refractivity contribution in [2.45, 2.75) is 6.04 Å². The Morgan fingerprint density at radius 1 is 1.20 bits per heavy atom. The van der Waals surface area contributed by atoms with Crippen molar-refractivity contribution < 1.29 is 18.3 Å². The molecule has 1 N–H and O–H groups in total. The first-order valence-corrected chi connectivity index (χ1v) is 8.42. The summed E-state index contributed by atoms with van der Waals surface area (Å²) < 4.78 is 32.2. The van der Waals surface area contributed by atoms with E-state index in [9.17, 15) is 13.6 Å². The molecule has 0 saturated carbocycles. The van der Waals surface area contributed by atoms with Crippen LogP contribution in [0, 0.1) is 11.6 Å². The fourth-order valence-electron chi connectivity index (χ4n) is 2.31. The molecule has 0 spiro atoms. The first kappa shape index (κ1) is 19.3. The number of amides is 1. The van der Waals surface area contributed by atoms with Gasteiger partial charge in [-0.15, -0.1) is 0 Å². The zero-order chi connectivity index (χ0) is 18.4. The van der Waals surface area contributed by atoms with Crippen LogP contribution in [0.2, 0.25) is 0 Å². The van der Waals surface area contributed by atoms with Crippen LogP contribution in [0.15, 0.2) is 46.9 Å². The van der Waals surface area contributed by atoms with Crippen LogP contribution in [-0.2, 0) is 4.79 Å². The molecule has 0 aliphatic carbocycles. The van der Waals surface area contributed by atoms with E-state index in [1.807, 2.05) is 25.1 Å². The van der Waals surface area contributed by atoms with Gasteiger partial charge in [0.1, 0.15) is 17.4 Å². The Morgan fingerprint density at radius 2 is 1.92 bits per heavy atom. The van der Waals surface area contributed by atoms with Crippen molar-refractivity contribution in [2.24, 2.45) is 0 Å². The standard InChI is InChI=1S/C18H19BrF2N2O2/c1-23(2)16(12-4-3-5-13(20)8-12)10-22-18(24)11-25-17-7-6-14(21)9-15(17)19/h3-9,16H,10-11H2,1-2H3,(H,22,24). The molecule has 4 nitrogen and oxygen atoms in total. The lowest BCUT2D eigenvalue weighted by Gasteiger charge is -2.25. The van der Waals surface area contributed by atoms with E-state index in [4.69, 9.17) is 4.74 Å². The van der Waals surface area contributed by atoms with Gasteiger partial charge in [0.05, 0.1) is 10.5 Å². The van der Waals surface area contributed by atoms with E-state index in [0.717, 1.165) is 5.56 Å². The van der Waals surface area contributed by atoms with Gasteiger partial charge >= 0.3 is 0 Å². The Hall–Kier alpha value is -1.99. The quantitative estimate of drug-likeness (QED) is 0.756. The van der Waals surface area contributed by atoms with Gasteiger partial charge in [-0.25, -0.2) is 8.78 Å². The van der Waals surface area contributed by atoms with Crippen molar-refractivity contribution in [3.05, 3.63) is 64.1 Å². The SMILES string of the molecule is CN(C)C(CNC(=O)COc1ccc(F)cc1Br)c1cccc(F)c1. The van der Waals surface area contributed by atoms with E-state index in [1.54, 1.807) is 6.07 Å². The number of carbonyl (C=O) groups excluding carboxylic acids is 1. The van der Waals surface area contributed by atoms with E-state index in [-0.39, 0.29) is 24.4 Å². The van der Waals surface area contributed by atoms with Crippen LogP contribution in [0.3, 0.4) is 0 Å². The molecule has 7 heteroatoms. The summed E-state index contributed by atoms with van der Waals surface area (Å²) >= 11 is 3.18. The highest BCUT2D eigenvalue weighted by molar-refractivity contribution is 9.10. The molecule has 2 rings (SSSR count). The van der Waals surface area contributed by atoms with Crippen LogP contribution in [0.1, 0.15) is 11.6 Å². The van der Waals surface area contributed by atoms with Crippen molar-refractivity contribution in [3.63, 3.8) is 0 Å². The summed E-state index contributed by atoms with van der Waals surface area (Å²) in [5.41, 5.74) is 0.771. The Kier molecular flexibility index (Phi) is 6.90. The van der Waals surface area contributed by atoms with Crippen molar-refractivity contribution in [2.75, 3.05) is 27.2 Å². The molecular formula is C18H19BrF2N2O2. The maximum absolute atomic E-state index is 13.4. The number of rotatable bonds is 7. The summed E-state index contributed by atoms with van der Waals surface area (Å²) in [5, 5.41) is 2.77. The van der Waals surface area contributed by atoms with Gasteiger partial charge in [-0.05, 0) is 65.9 Å². The van der Waals surface area contributed by atoms with Gasteiger partial charge in [-0.3, -0.25) is 4.79 Å². The second-order valence-electron chi connectivity index (χ2n) is 5.70. The third-order valence-electron chi connectivity index (χ3n) is 3.60. The number of nitrogens with one attached hydrogen (secondary N) is 1. The second-order valence-corrected chi connectivity index (χ2v) is 6.56. The van der Waals surface area contributed by atoms with Crippen LogP contribution >= 0.6 is 15.9 Å². The van der Waals surface area contributed by atoms with Gasteiger partial charge in [0.2, 0.25) is 0 Å². The van der Waals surface area contributed by atoms with E-state index in [2.05, 4.69) is 21.2 Å². The molecular weight excluding hydrogens is 394 g/mol. The maximum Gasteiger partial charge on any atom is 0.258 e. The Bertz CT molecular complexity index is 741. The zero-order valence-corrected chi connectivity index (χ0v) is 15.5. The van der Waals surface area contributed by atoms with Gasteiger partial charge in [0.25, 0.3) is 5.91 Å². The Morgan fingerprint density at radius 3 is 2.56 bits per heavy atom. The average Bonchev–Trinajstić information content (AvgIpc) is 2.54. The van der Waals surface area contributed by atoms with Gasteiger partial charge in [-0.1, -0.05) is 12.1 Å². The predicted octanol–water partition coefficient (Wildman–Crippen LogP) is 3.53. The molecule has 1 unspecified atom stereocenters. The molecule has 134 valence electrons. The van der Waals surface area contributed by atoms with Crippen LogP contribution in [0.5, 0.6) is 5.75 Å². The van der Waals surface area contributed by atoms with Crippen molar-refractivity contribution in [1.29, 1.82) is 0 Å². The molecule has 0 saturated heterocycles. The molecule has 0 bridgehead atoms. The second kappa shape index (κ2) is 8.92. The van der Waals surface area contributed by atoms with E-state index in [1.165, 1.54) is 30.3 Å². The summed E-state index contributed by atoms with van der Waals surface area (Å²) in [6.45, 7) is 0.108. The number of likely N-dealkylation sites (N-methyl/N-ethyl adjacent to an activating group) is 1. The number of nitrogens with zero attached hydrogens (tertiary/aromatic N) is 1. The number of benzene rings is 2. The first-order valence-electron chi connectivity index (χ1n) is 7.63. The molecule has 0 fully saturated rings. The lowest BCUT2D eigenvalue weighted by Crippen LogP contribution is -2.36. The largest absolute Gasteiger partial charge is 0.483 e. The minimum atomic E-state index is -0.396. The monoisotopic (exact) mass is 412 g/mol. The average molecular weight is 413 g/mol. The molecule has 0 aliphatic rings. The molecule has 1 amide bonds. The number of carbonyl (C=O) groups is 1. The summed E-state index contributed by atoms with van der Waals surface area (Å²) in [7, 11) is 3.71. The molecule has 1 atom stereocenters. The molecule has 0 aromatic heterocycles. The minimum absolute atomic E-state index is 0.169. The van der Waals surface area contributed by atoms with Gasteiger partial charge in [0.15, 0.2) is 6.61 Å². The van der Waals surface area contributed by atoms with Crippen molar-refractivity contribution in [3.8, 4) is 5.75 Å².